The molecule has 0 heterocycles. The van der Waals surface area contributed by atoms with Gasteiger partial charge in [0, 0.05) is 12.6 Å². The zero-order chi connectivity index (χ0) is 12.3. The molecule has 2 N–H and O–H groups in total. The Kier molecular flexibility index (Phi) is 4.81. The maximum atomic E-state index is 5.81. The lowest BCUT2D eigenvalue weighted by molar-refractivity contribution is 0.0989. The zero-order valence-electron chi connectivity index (χ0n) is 11.8. The quantitative estimate of drug-likeness (QED) is 0.798. The minimum Gasteiger partial charge on any atom is -0.330 e. The van der Waals surface area contributed by atoms with Crippen molar-refractivity contribution in [1.29, 1.82) is 0 Å². The topological polar surface area (TPSA) is 29.3 Å². The fourth-order valence-electron chi connectivity index (χ4n) is 2.79. The van der Waals surface area contributed by atoms with Gasteiger partial charge in [-0.2, -0.15) is 0 Å². The summed E-state index contributed by atoms with van der Waals surface area (Å²) in [4.78, 5) is 2.54. The summed E-state index contributed by atoms with van der Waals surface area (Å²) >= 11 is 0. The first-order chi connectivity index (χ1) is 7.35. The van der Waals surface area contributed by atoms with Crippen LogP contribution >= 0.6 is 0 Å². The summed E-state index contributed by atoms with van der Waals surface area (Å²) in [7, 11) is 2.27. The fourth-order valence-corrected chi connectivity index (χ4v) is 2.79. The van der Waals surface area contributed by atoms with Crippen molar-refractivity contribution < 1.29 is 0 Å². The van der Waals surface area contributed by atoms with Crippen LogP contribution in [0.15, 0.2) is 0 Å². The molecule has 2 nitrogen and oxygen atoms in total. The average molecular weight is 226 g/mol. The number of hydrogen-bond donors (Lipinski definition) is 1. The van der Waals surface area contributed by atoms with Crippen molar-refractivity contribution in [3.05, 3.63) is 0 Å². The second kappa shape index (κ2) is 5.50. The zero-order valence-corrected chi connectivity index (χ0v) is 11.8. The van der Waals surface area contributed by atoms with Crippen LogP contribution in [0.4, 0.5) is 0 Å². The molecule has 1 rings (SSSR count). The average Bonchev–Trinajstić information content (AvgIpc) is 2.21. The van der Waals surface area contributed by atoms with Crippen molar-refractivity contribution in [1.82, 2.24) is 4.90 Å². The standard InChI is InChI=1S/C14H30N2/c1-11-6-7-13(8-12(11)2)16(5)10-14(3,4)9-15/h11-13H,6-10,15H2,1-5H3. The van der Waals surface area contributed by atoms with Gasteiger partial charge in [0.15, 0.2) is 0 Å². The summed E-state index contributed by atoms with van der Waals surface area (Å²) in [5.74, 6) is 1.79. The monoisotopic (exact) mass is 226 g/mol. The van der Waals surface area contributed by atoms with Crippen molar-refractivity contribution >= 4 is 0 Å². The Morgan fingerprint density at radius 3 is 2.31 bits per heavy atom. The molecule has 2 heteroatoms. The van der Waals surface area contributed by atoms with E-state index in [-0.39, 0.29) is 5.41 Å². The van der Waals surface area contributed by atoms with Crippen LogP contribution in [0.1, 0.15) is 47.0 Å². The molecule has 0 saturated heterocycles. The summed E-state index contributed by atoms with van der Waals surface area (Å²) in [6.07, 6.45) is 4.11. The Morgan fingerprint density at radius 2 is 1.81 bits per heavy atom. The summed E-state index contributed by atoms with van der Waals surface area (Å²) < 4.78 is 0. The van der Waals surface area contributed by atoms with E-state index in [0.29, 0.717) is 0 Å². The van der Waals surface area contributed by atoms with Crippen LogP contribution in [-0.4, -0.2) is 31.1 Å². The maximum Gasteiger partial charge on any atom is 0.00951 e. The number of hydrogen-bond acceptors (Lipinski definition) is 2. The van der Waals surface area contributed by atoms with Crippen LogP contribution in [0.5, 0.6) is 0 Å². The highest BCUT2D eigenvalue weighted by molar-refractivity contribution is 4.83. The third-order valence-corrected chi connectivity index (χ3v) is 4.42. The Morgan fingerprint density at radius 1 is 1.19 bits per heavy atom. The first-order valence-corrected chi connectivity index (χ1v) is 6.76. The summed E-state index contributed by atoms with van der Waals surface area (Å²) in [5.41, 5.74) is 6.06. The van der Waals surface area contributed by atoms with Gasteiger partial charge in [-0.15, -0.1) is 0 Å². The maximum absolute atomic E-state index is 5.81. The van der Waals surface area contributed by atoms with E-state index in [4.69, 9.17) is 5.73 Å². The van der Waals surface area contributed by atoms with E-state index in [1.165, 1.54) is 19.3 Å². The molecule has 0 aliphatic heterocycles. The Hall–Kier alpha value is -0.0800. The van der Waals surface area contributed by atoms with Gasteiger partial charge >= 0.3 is 0 Å². The highest BCUT2D eigenvalue weighted by atomic mass is 15.1. The molecule has 1 aliphatic carbocycles. The van der Waals surface area contributed by atoms with Crippen molar-refractivity contribution in [2.75, 3.05) is 20.1 Å². The predicted molar refractivity (Wildman–Crippen MR) is 71.4 cm³/mol. The first kappa shape index (κ1) is 14.0. The normalized spacial score (nSPS) is 32.1. The third-order valence-electron chi connectivity index (χ3n) is 4.42. The molecule has 1 saturated carbocycles. The highest BCUT2D eigenvalue weighted by Crippen LogP contribution is 2.32. The molecule has 1 aliphatic rings. The van der Waals surface area contributed by atoms with Crippen LogP contribution in [0.3, 0.4) is 0 Å². The van der Waals surface area contributed by atoms with E-state index in [1.807, 2.05) is 0 Å². The molecule has 0 spiro atoms. The molecule has 0 aromatic rings. The van der Waals surface area contributed by atoms with Crippen molar-refractivity contribution in [2.24, 2.45) is 23.0 Å². The second-order valence-corrected chi connectivity index (χ2v) is 6.70. The van der Waals surface area contributed by atoms with Crippen LogP contribution < -0.4 is 5.73 Å². The lowest BCUT2D eigenvalue weighted by atomic mass is 9.78. The van der Waals surface area contributed by atoms with Crippen molar-refractivity contribution in [3.8, 4) is 0 Å². The molecular weight excluding hydrogens is 196 g/mol. The molecule has 0 amide bonds. The molecule has 1 fully saturated rings. The first-order valence-electron chi connectivity index (χ1n) is 6.76. The smallest absolute Gasteiger partial charge is 0.00951 e. The number of nitrogens with two attached hydrogens (primary N) is 1. The van der Waals surface area contributed by atoms with Gasteiger partial charge in [-0.3, -0.25) is 0 Å². The summed E-state index contributed by atoms with van der Waals surface area (Å²) in [5, 5.41) is 0. The van der Waals surface area contributed by atoms with Gasteiger partial charge in [0.1, 0.15) is 0 Å². The molecule has 0 aromatic carbocycles. The Balaban J connectivity index is 2.46. The lowest BCUT2D eigenvalue weighted by Crippen LogP contribution is -2.44. The molecular formula is C14H30N2. The van der Waals surface area contributed by atoms with Gasteiger partial charge in [0.05, 0.1) is 0 Å². The minimum absolute atomic E-state index is 0.251. The molecule has 0 aromatic heterocycles. The van der Waals surface area contributed by atoms with E-state index in [2.05, 4.69) is 39.6 Å². The molecule has 3 atom stereocenters. The predicted octanol–water partition coefficient (Wildman–Crippen LogP) is 2.73. The lowest BCUT2D eigenvalue weighted by Gasteiger charge is -2.40. The van der Waals surface area contributed by atoms with Crippen LogP contribution in [0.2, 0.25) is 0 Å². The van der Waals surface area contributed by atoms with Gasteiger partial charge in [0.25, 0.3) is 0 Å². The van der Waals surface area contributed by atoms with Crippen LogP contribution in [0, 0.1) is 17.3 Å². The Bertz CT molecular complexity index is 213. The fraction of sp³-hybridized carbons (Fsp3) is 1.00. The van der Waals surface area contributed by atoms with E-state index in [0.717, 1.165) is 31.0 Å². The van der Waals surface area contributed by atoms with Crippen LogP contribution in [0.25, 0.3) is 0 Å². The third kappa shape index (κ3) is 3.74. The SMILES string of the molecule is CC1CCC(N(C)CC(C)(C)CN)CC1C. The van der Waals surface area contributed by atoms with Gasteiger partial charge in [-0.1, -0.05) is 27.7 Å². The summed E-state index contributed by atoms with van der Waals surface area (Å²) in [6.45, 7) is 11.2. The number of nitrogens with zero attached hydrogens (tertiary/aromatic N) is 1. The van der Waals surface area contributed by atoms with E-state index < -0.39 is 0 Å². The highest BCUT2D eigenvalue weighted by Gasteiger charge is 2.29. The second-order valence-electron chi connectivity index (χ2n) is 6.70. The largest absolute Gasteiger partial charge is 0.330 e. The van der Waals surface area contributed by atoms with E-state index >= 15 is 0 Å². The van der Waals surface area contributed by atoms with E-state index in [1.54, 1.807) is 0 Å². The molecule has 16 heavy (non-hydrogen) atoms. The van der Waals surface area contributed by atoms with E-state index in [9.17, 15) is 0 Å². The van der Waals surface area contributed by atoms with Gasteiger partial charge in [-0.25, -0.2) is 0 Å². The molecule has 0 bridgehead atoms. The van der Waals surface area contributed by atoms with Crippen molar-refractivity contribution in [3.63, 3.8) is 0 Å². The van der Waals surface area contributed by atoms with Crippen molar-refractivity contribution in [2.45, 2.75) is 53.0 Å². The Labute approximate surface area is 102 Å². The van der Waals surface area contributed by atoms with Crippen LogP contribution in [-0.2, 0) is 0 Å². The molecule has 0 radical (unpaired) electrons. The minimum atomic E-state index is 0.251. The number of rotatable bonds is 4. The summed E-state index contributed by atoms with van der Waals surface area (Å²) in [6, 6.07) is 0.775. The van der Waals surface area contributed by atoms with Gasteiger partial charge in [0.2, 0.25) is 0 Å². The van der Waals surface area contributed by atoms with Gasteiger partial charge in [-0.05, 0) is 50.1 Å². The molecule has 96 valence electrons. The van der Waals surface area contributed by atoms with Gasteiger partial charge < -0.3 is 10.6 Å². The molecule has 3 unspecified atom stereocenters.